The Bertz CT molecular complexity index is 966. The first-order valence-electron chi connectivity index (χ1n) is 12.7. The number of nitrogens with zero attached hydrogens (tertiary/aromatic N) is 2. The Balaban J connectivity index is 1.30. The molecule has 2 aliphatic rings. The standard InChI is InChI=1S/C27H37FN2O3S/c1-33-20-10-11-26-23(16-20)22(25(28)17-29-26)9-5-6-19-12-13-30(18-24(19)27(31)32)14-15-34-21-7-3-2-4-8-21/h10-11,16-17,19,21,24H,2-9,12-15,18H2,1H3,(H,31,32)/t19-,24+/m0/s1. The molecule has 2 aromatic rings. The van der Waals surface area contributed by atoms with Crippen molar-refractivity contribution in [3.63, 3.8) is 0 Å². The lowest BCUT2D eigenvalue weighted by Gasteiger charge is -2.37. The van der Waals surface area contributed by atoms with E-state index in [1.165, 1.54) is 38.3 Å². The van der Waals surface area contributed by atoms with Crippen LogP contribution in [0.5, 0.6) is 5.75 Å². The van der Waals surface area contributed by atoms with Crippen molar-refractivity contribution >= 4 is 28.6 Å². The molecule has 1 N–H and O–H groups in total. The van der Waals surface area contributed by atoms with Crippen LogP contribution in [0.1, 0.15) is 56.9 Å². The molecule has 1 aliphatic carbocycles. The Hall–Kier alpha value is -1.86. The van der Waals surface area contributed by atoms with Gasteiger partial charge in [-0.05, 0) is 74.8 Å². The van der Waals surface area contributed by atoms with Gasteiger partial charge in [-0.2, -0.15) is 11.8 Å². The Morgan fingerprint density at radius 2 is 2.09 bits per heavy atom. The second-order valence-electron chi connectivity index (χ2n) is 9.78. The summed E-state index contributed by atoms with van der Waals surface area (Å²) in [4.78, 5) is 18.6. The maximum Gasteiger partial charge on any atom is 0.308 e. The van der Waals surface area contributed by atoms with Crippen molar-refractivity contribution in [1.82, 2.24) is 9.88 Å². The largest absolute Gasteiger partial charge is 0.497 e. The second-order valence-corrected chi connectivity index (χ2v) is 11.2. The number of carboxylic acid groups (broad SMARTS) is 1. The first-order chi connectivity index (χ1) is 16.5. The number of likely N-dealkylation sites (tertiary alicyclic amines) is 1. The number of carbonyl (C=O) groups is 1. The number of pyridine rings is 1. The number of thioether (sulfide) groups is 1. The van der Waals surface area contributed by atoms with Crippen LogP contribution in [0.2, 0.25) is 0 Å². The van der Waals surface area contributed by atoms with Crippen LogP contribution in [-0.2, 0) is 11.2 Å². The van der Waals surface area contributed by atoms with Crippen LogP contribution in [0.4, 0.5) is 4.39 Å². The van der Waals surface area contributed by atoms with Crippen LogP contribution in [0.15, 0.2) is 24.4 Å². The van der Waals surface area contributed by atoms with Crippen LogP contribution < -0.4 is 4.74 Å². The van der Waals surface area contributed by atoms with Gasteiger partial charge >= 0.3 is 5.97 Å². The molecule has 1 saturated carbocycles. The average molecular weight is 489 g/mol. The van der Waals surface area contributed by atoms with E-state index >= 15 is 0 Å². The highest BCUT2D eigenvalue weighted by atomic mass is 32.2. The molecule has 2 fully saturated rings. The number of aromatic nitrogens is 1. The van der Waals surface area contributed by atoms with E-state index in [2.05, 4.69) is 21.6 Å². The number of hydrogen-bond acceptors (Lipinski definition) is 5. The summed E-state index contributed by atoms with van der Waals surface area (Å²) in [6.45, 7) is 2.58. The van der Waals surface area contributed by atoms with Gasteiger partial charge in [-0.25, -0.2) is 4.39 Å². The number of ether oxygens (including phenoxy) is 1. The maximum atomic E-state index is 14.6. The van der Waals surface area contributed by atoms with Crippen LogP contribution in [0.25, 0.3) is 10.9 Å². The van der Waals surface area contributed by atoms with E-state index in [-0.39, 0.29) is 17.7 Å². The molecule has 2 atom stereocenters. The fourth-order valence-electron chi connectivity index (χ4n) is 5.60. The topological polar surface area (TPSA) is 62.7 Å². The number of methoxy groups -OCH3 is 1. The fraction of sp³-hybridized carbons (Fsp3) is 0.630. The molecule has 1 saturated heterocycles. The van der Waals surface area contributed by atoms with Crippen LogP contribution in [0, 0.1) is 17.7 Å². The smallest absolute Gasteiger partial charge is 0.308 e. The van der Waals surface area contributed by atoms with Crippen molar-refractivity contribution < 1.29 is 19.0 Å². The number of aryl methyl sites for hydroxylation is 1. The third kappa shape index (κ3) is 6.42. The lowest BCUT2D eigenvalue weighted by molar-refractivity contribution is -0.146. The zero-order chi connectivity index (χ0) is 23.9. The van der Waals surface area contributed by atoms with Crippen LogP contribution in [-0.4, -0.2) is 58.7 Å². The van der Waals surface area contributed by atoms with Crippen molar-refractivity contribution in [2.45, 2.75) is 63.0 Å². The van der Waals surface area contributed by atoms with Crippen LogP contribution in [0.3, 0.4) is 0 Å². The number of piperidine rings is 1. The minimum absolute atomic E-state index is 0.144. The van der Waals surface area contributed by atoms with Gasteiger partial charge in [-0.15, -0.1) is 0 Å². The maximum absolute atomic E-state index is 14.6. The number of benzene rings is 1. The predicted molar refractivity (Wildman–Crippen MR) is 136 cm³/mol. The summed E-state index contributed by atoms with van der Waals surface area (Å²) in [5, 5.41) is 11.5. The second kappa shape index (κ2) is 12.2. The van der Waals surface area contributed by atoms with Gasteiger partial charge in [0, 0.05) is 29.5 Å². The number of halogens is 1. The summed E-state index contributed by atoms with van der Waals surface area (Å²) < 4.78 is 19.9. The van der Waals surface area contributed by atoms with E-state index < -0.39 is 5.97 Å². The molecular formula is C27H37FN2O3S. The minimum atomic E-state index is -0.695. The summed E-state index contributed by atoms with van der Waals surface area (Å²) >= 11 is 2.08. The summed E-state index contributed by atoms with van der Waals surface area (Å²) in [5.74, 6) is 0.583. The van der Waals surface area contributed by atoms with E-state index in [1.807, 2.05) is 18.2 Å². The molecule has 0 radical (unpaired) electrons. The monoisotopic (exact) mass is 488 g/mol. The van der Waals surface area contributed by atoms with Crippen LogP contribution >= 0.6 is 11.8 Å². The van der Waals surface area contributed by atoms with Crippen molar-refractivity contribution in [2.24, 2.45) is 11.8 Å². The number of fused-ring (bicyclic) bond motifs is 1. The number of rotatable bonds is 10. The molecule has 1 aromatic heterocycles. The quantitative estimate of drug-likeness (QED) is 0.456. The van der Waals surface area contributed by atoms with Gasteiger partial charge in [-0.1, -0.05) is 19.3 Å². The Morgan fingerprint density at radius 3 is 2.85 bits per heavy atom. The molecule has 186 valence electrons. The first-order valence-corrected chi connectivity index (χ1v) is 13.8. The van der Waals surface area contributed by atoms with Gasteiger partial charge < -0.3 is 14.7 Å². The molecule has 0 spiro atoms. The molecule has 1 aromatic carbocycles. The molecule has 0 bridgehead atoms. The predicted octanol–water partition coefficient (Wildman–Crippen LogP) is 5.79. The van der Waals surface area contributed by atoms with Gasteiger partial charge in [0.2, 0.25) is 0 Å². The molecule has 1 aliphatic heterocycles. The lowest BCUT2D eigenvalue weighted by atomic mass is 9.81. The normalized spacial score (nSPS) is 22.2. The molecule has 7 heteroatoms. The molecule has 0 unspecified atom stereocenters. The minimum Gasteiger partial charge on any atom is -0.497 e. The van der Waals surface area contributed by atoms with Gasteiger partial charge in [0.15, 0.2) is 0 Å². The first kappa shape index (κ1) is 25.2. The lowest BCUT2D eigenvalue weighted by Crippen LogP contribution is -2.44. The Kier molecular flexibility index (Phi) is 9.06. The number of hydrogen-bond donors (Lipinski definition) is 1. The summed E-state index contributed by atoms with van der Waals surface area (Å²) in [6, 6.07) is 5.51. The summed E-state index contributed by atoms with van der Waals surface area (Å²) in [5.41, 5.74) is 1.40. The van der Waals surface area contributed by atoms with Crippen molar-refractivity contribution in [1.29, 1.82) is 0 Å². The highest BCUT2D eigenvalue weighted by Crippen LogP contribution is 2.32. The third-order valence-corrected chi connectivity index (χ3v) is 8.97. The van der Waals surface area contributed by atoms with Crippen molar-refractivity contribution in [2.75, 3.05) is 32.5 Å². The third-order valence-electron chi connectivity index (χ3n) is 7.61. The van der Waals surface area contributed by atoms with Gasteiger partial charge in [0.1, 0.15) is 11.6 Å². The highest BCUT2D eigenvalue weighted by molar-refractivity contribution is 7.99. The van der Waals surface area contributed by atoms with E-state index in [0.717, 1.165) is 54.3 Å². The molecular weight excluding hydrogens is 451 g/mol. The Morgan fingerprint density at radius 1 is 1.26 bits per heavy atom. The zero-order valence-corrected chi connectivity index (χ0v) is 21.0. The zero-order valence-electron chi connectivity index (χ0n) is 20.2. The summed E-state index contributed by atoms with van der Waals surface area (Å²) in [7, 11) is 1.60. The van der Waals surface area contributed by atoms with E-state index in [4.69, 9.17) is 4.74 Å². The number of carboxylic acids is 1. The fourth-order valence-corrected chi connectivity index (χ4v) is 6.96. The number of aliphatic carboxylic acids is 1. The van der Waals surface area contributed by atoms with Gasteiger partial charge in [0.25, 0.3) is 0 Å². The molecule has 5 nitrogen and oxygen atoms in total. The molecule has 0 amide bonds. The molecule has 34 heavy (non-hydrogen) atoms. The van der Waals surface area contributed by atoms with Crippen molar-refractivity contribution in [3.05, 3.63) is 35.8 Å². The SMILES string of the molecule is COc1ccc2ncc(F)c(CCC[C@H]3CCN(CCSC4CCCCC4)C[C@H]3C(=O)O)c2c1. The van der Waals surface area contributed by atoms with E-state index in [0.29, 0.717) is 24.3 Å². The van der Waals surface area contributed by atoms with Gasteiger partial charge in [-0.3, -0.25) is 9.78 Å². The highest BCUT2D eigenvalue weighted by Gasteiger charge is 2.33. The molecule has 2 heterocycles. The summed E-state index contributed by atoms with van der Waals surface area (Å²) in [6.07, 6.45) is 11.1. The molecule has 4 rings (SSSR count). The van der Waals surface area contributed by atoms with Gasteiger partial charge in [0.05, 0.1) is 24.7 Å². The average Bonchev–Trinajstić information content (AvgIpc) is 2.86. The van der Waals surface area contributed by atoms with Crippen molar-refractivity contribution in [3.8, 4) is 5.75 Å². The van der Waals surface area contributed by atoms with E-state index in [9.17, 15) is 14.3 Å². The van der Waals surface area contributed by atoms with E-state index in [1.54, 1.807) is 7.11 Å². The Labute approximate surface area is 206 Å².